The highest BCUT2D eigenvalue weighted by Crippen LogP contribution is 2.26. The fraction of sp³-hybridized carbons (Fsp3) is 0.500. The summed E-state index contributed by atoms with van der Waals surface area (Å²) in [7, 11) is 0. The molecule has 1 heterocycles. The molecule has 4 nitrogen and oxygen atoms in total. The van der Waals surface area contributed by atoms with E-state index in [0.717, 1.165) is 5.56 Å². The number of benzene rings is 1. The molecule has 0 amide bonds. The van der Waals surface area contributed by atoms with Crippen molar-refractivity contribution in [2.24, 2.45) is 0 Å². The normalized spacial score (nSPS) is 18.7. The van der Waals surface area contributed by atoms with Crippen LogP contribution in [0.2, 0.25) is 5.02 Å². The van der Waals surface area contributed by atoms with Crippen molar-refractivity contribution in [1.82, 2.24) is 5.32 Å². The van der Waals surface area contributed by atoms with E-state index in [1.54, 1.807) is 12.1 Å². The summed E-state index contributed by atoms with van der Waals surface area (Å²) in [5.74, 6) is 0.388. The smallest absolute Gasteiger partial charge is 0.347 e. The molecule has 1 unspecified atom stereocenters. The van der Waals surface area contributed by atoms with Crippen molar-refractivity contribution < 1.29 is 14.3 Å². The first-order valence-electron chi connectivity index (χ1n) is 6.41. The van der Waals surface area contributed by atoms with E-state index >= 15 is 0 Å². The van der Waals surface area contributed by atoms with Gasteiger partial charge in [0.2, 0.25) is 0 Å². The number of carbonyl (C=O) groups is 1. The molecule has 0 saturated carbocycles. The lowest BCUT2D eigenvalue weighted by molar-refractivity contribution is -0.143. The Kier molecular flexibility index (Phi) is 4.66. The first kappa shape index (κ1) is 14.2. The number of carbonyl (C=O) groups excluding carboxylic acids is 1. The van der Waals surface area contributed by atoms with Gasteiger partial charge in [0, 0.05) is 29.6 Å². The van der Waals surface area contributed by atoms with Gasteiger partial charge in [0.25, 0.3) is 0 Å². The van der Waals surface area contributed by atoms with E-state index in [2.05, 4.69) is 19.2 Å². The number of rotatable bonds is 5. The van der Waals surface area contributed by atoms with E-state index in [1.807, 2.05) is 6.07 Å². The van der Waals surface area contributed by atoms with E-state index in [-0.39, 0.29) is 5.97 Å². The number of cyclic esters (lactones) is 1. The molecule has 19 heavy (non-hydrogen) atoms. The Morgan fingerprint density at radius 2 is 2.32 bits per heavy atom. The summed E-state index contributed by atoms with van der Waals surface area (Å²) < 4.78 is 10.6. The standard InChI is InChI=1S/C14H18ClNO3/c1-9(2)16-8-10-7-11(15)3-4-12(10)19-13-5-6-18-14(13)17/h3-4,7,9,13,16H,5-6,8H2,1-2H3. The minimum absolute atomic E-state index is 0.294. The second-order valence-corrected chi connectivity index (χ2v) is 5.29. The number of hydrogen-bond donors (Lipinski definition) is 1. The van der Waals surface area contributed by atoms with E-state index < -0.39 is 6.10 Å². The molecule has 2 rings (SSSR count). The summed E-state index contributed by atoms with van der Waals surface area (Å²) in [6.45, 7) is 5.21. The maximum atomic E-state index is 11.4. The Bertz CT molecular complexity index is 462. The molecule has 1 aromatic carbocycles. The Hall–Kier alpha value is -1.26. The van der Waals surface area contributed by atoms with Crippen molar-refractivity contribution in [2.45, 2.75) is 39.0 Å². The predicted molar refractivity (Wildman–Crippen MR) is 73.4 cm³/mol. The molecule has 0 radical (unpaired) electrons. The van der Waals surface area contributed by atoms with Gasteiger partial charge in [0.15, 0.2) is 6.10 Å². The summed E-state index contributed by atoms with van der Waals surface area (Å²) in [4.78, 5) is 11.4. The minimum Gasteiger partial charge on any atom is -0.478 e. The van der Waals surface area contributed by atoms with Gasteiger partial charge in [-0.2, -0.15) is 0 Å². The van der Waals surface area contributed by atoms with Crippen LogP contribution in [0, 0.1) is 0 Å². The highest BCUT2D eigenvalue weighted by molar-refractivity contribution is 6.30. The number of ether oxygens (including phenoxy) is 2. The maximum Gasteiger partial charge on any atom is 0.347 e. The molecule has 1 saturated heterocycles. The summed E-state index contributed by atoms with van der Waals surface area (Å²) in [6.07, 6.45) is 0.0948. The molecule has 1 aliphatic rings. The van der Waals surface area contributed by atoms with Gasteiger partial charge < -0.3 is 14.8 Å². The number of nitrogens with one attached hydrogen (secondary N) is 1. The Morgan fingerprint density at radius 3 is 2.95 bits per heavy atom. The van der Waals surface area contributed by atoms with Crippen molar-refractivity contribution in [3.8, 4) is 5.75 Å². The molecule has 1 aliphatic heterocycles. The predicted octanol–water partition coefficient (Wildman–Crippen LogP) is 2.53. The molecule has 1 N–H and O–H groups in total. The zero-order valence-electron chi connectivity index (χ0n) is 11.1. The van der Waals surface area contributed by atoms with Crippen LogP contribution in [0.1, 0.15) is 25.8 Å². The Morgan fingerprint density at radius 1 is 1.53 bits per heavy atom. The summed E-state index contributed by atoms with van der Waals surface area (Å²) >= 11 is 6.00. The lowest BCUT2D eigenvalue weighted by Gasteiger charge is -2.16. The average Bonchev–Trinajstić information content (AvgIpc) is 2.75. The minimum atomic E-state index is -0.501. The summed E-state index contributed by atoms with van der Waals surface area (Å²) in [5, 5.41) is 3.97. The van der Waals surface area contributed by atoms with Crippen LogP contribution in [-0.2, 0) is 16.1 Å². The zero-order chi connectivity index (χ0) is 13.8. The molecular weight excluding hydrogens is 266 g/mol. The van der Waals surface area contributed by atoms with Crippen molar-refractivity contribution in [3.63, 3.8) is 0 Å². The van der Waals surface area contributed by atoms with E-state index in [0.29, 0.717) is 36.4 Å². The third-order valence-electron chi connectivity index (χ3n) is 2.88. The van der Waals surface area contributed by atoms with Gasteiger partial charge in [0.05, 0.1) is 6.61 Å². The molecular formula is C14H18ClNO3. The molecule has 0 bridgehead atoms. The lowest BCUT2D eigenvalue weighted by Crippen LogP contribution is -2.25. The van der Waals surface area contributed by atoms with Crippen LogP contribution in [0.3, 0.4) is 0 Å². The second-order valence-electron chi connectivity index (χ2n) is 4.85. The molecule has 5 heteroatoms. The van der Waals surface area contributed by atoms with Gasteiger partial charge in [-0.15, -0.1) is 0 Å². The van der Waals surface area contributed by atoms with Crippen LogP contribution in [0.15, 0.2) is 18.2 Å². The molecule has 0 aliphatic carbocycles. The van der Waals surface area contributed by atoms with Crippen LogP contribution < -0.4 is 10.1 Å². The number of halogens is 1. The summed E-state index contributed by atoms with van der Waals surface area (Å²) in [6, 6.07) is 5.77. The fourth-order valence-corrected chi connectivity index (χ4v) is 2.05. The largest absolute Gasteiger partial charge is 0.478 e. The van der Waals surface area contributed by atoms with Gasteiger partial charge in [-0.1, -0.05) is 25.4 Å². The first-order chi connectivity index (χ1) is 9.06. The Labute approximate surface area is 118 Å². The van der Waals surface area contributed by atoms with Crippen LogP contribution in [0.5, 0.6) is 5.75 Å². The molecule has 104 valence electrons. The van der Waals surface area contributed by atoms with Crippen molar-refractivity contribution >= 4 is 17.6 Å². The van der Waals surface area contributed by atoms with Crippen molar-refractivity contribution in [3.05, 3.63) is 28.8 Å². The maximum absolute atomic E-state index is 11.4. The van der Waals surface area contributed by atoms with Gasteiger partial charge in [-0.25, -0.2) is 4.79 Å². The van der Waals surface area contributed by atoms with Crippen LogP contribution in [0.4, 0.5) is 0 Å². The highest BCUT2D eigenvalue weighted by atomic mass is 35.5. The number of esters is 1. The van der Waals surface area contributed by atoms with Crippen LogP contribution in [-0.4, -0.2) is 24.7 Å². The van der Waals surface area contributed by atoms with Gasteiger partial charge in [0.1, 0.15) is 5.75 Å². The Balaban J connectivity index is 2.11. The van der Waals surface area contributed by atoms with Crippen LogP contribution >= 0.6 is 11.6 Å². The van der Waals surface area contributed by atoms with E-state index in [1.165, 1.54) is 0 Å². The highest BCUT2D eigenvalue weighted by Gasteiger charge is 2.29. The van der Waals surface area contributed by atoms with Gasteiger partial charge in [-0.05, 0) is 18.2 Å². The van der Waals surface area contributed by atoms with E-state index in [9.17, 15) is 4.79 Å². The molecule has 0 spiro atoms. The fourth-order valence-electron chi connectivity index (χ4n) is 1.85. The molecule has 1 fully saturated rings. The third kappa shape index (κ3) is 3.85. The lowest BCUT2D eigenvalue weighted by atomic mass is 10.2. The number of hydrogen-bond acceptors (Lipinski definition) is 4. The van der Waals surface area contributed by atoms with Crippen molar-refractivity contribution in [2.75, 3.05) is 6.61 Å². The molecule has 0 aromatic heterocycles. The van der Waals surface area contributed by atoms with Crippen LogP contribution in [0.25, 0.3) is 0 Å². The quantitative estimate of drug-likeness (QED) is 0.844. The SMILES string of the molecule is CC(C)NCc1cc(Cl)ccc1OC1CCOC1=O. The van der Waals surface area contributed by atoms with Gasteiger partial charge >= 0.3 is 5.97 Å². The van der Waals surface area contributed by atoms with E-state index in [4.69, 9.17) is 21.1 Å². The monoisotopic (exact) mass is 283 g/mol. The molecule has 1 aromatic rings. The topological polar surface area (TPSA) is 47.6 Å². The van der Waals surface area contributed by atoms with Crippen molar-refractivity contribution in [1.29, 1.82) is 0 Å². The summed E-state index contributed by atoms with van der Waals surface area (Å²) in [5.41, 5.74) is 0.945. The van der Waals surface area contributed by atoms with Gasteiger partial charge in [-0.3, -0.25) is 0 Å². The zero-order valence-corrected chi connectivity index (χ0v) is 11.9. The third-order valence-corrected chi connectivity index (χ3v) is 3.11. The second kappa shape index (κ2) is 6.26. The molecule has 1 atom stereocenters. The average molecular weight is 284 g/mol. The first-order valence-corrected chi connectivity index (χ1v) is 6.79.